The molecule has 1 aliphatic carbocycles. The predicted octanol–water partition coefficient (Wildman–Crippen LogP) is 4.11. The number of likely N-dealkylation sites (tertiary alicyclic amines) is 1. The second-order valence-corrected chi connectivity index (χ2v) is 9.20. The van der Waals surface area contributed by atoms with Crippen molar-refractivity contribution in [2.45, 2.75) is 59.3 Å². The number of hydrogen-bond acceptors (Lipinski definition) is 5. The summed E-state index contributed by atoms with van der Waals surface area (Å²) in [6, 6.07) is 0. The van der Waals surface area contributed by atoms with E-state index in [1.807, 2.05) is 6.92 Å². The first-order chi connectivity index (χ1) is 13.0. The minimum Gasteiger partial charge on any atom is -0.462 e. The molecule has 150 valence electrons. The molecule has 6 heteroatoms. The van der Waals surface area contributed by atoms with Crippen LogP contribution in [0.1, 0.15) is 67.3 Å². The zero-order valence-corrected chi connectivity index (χ0v) is 17.6. The van der Waals surface area contributed by atoms with Gasteiger partial charge >= 0.3 is 5.97 Å². The Balaban J connectivity index is 1.66. The number of ether oxygens (including phenoxy) is 1. The maximum absolute atomic E-state index is 12.5. The summed E-state index contributed by atoms with van der Waals surface area (Å²) in [4.78, 5) is 28.7. The topological polar surface area (TPSA) is 58.6 Å². The van der Waals surface area contributed by atoms with E-state index >= 15 is 0 Å². The average molecular weight is 393 g/mol. The minimum absolute atomic E-state index is 0.00850. The van der Waals surface area contributed by atoms with E-state index in [4.69, 9.17) is 4.74 Å². The molecule has 5 nitrogen and oxygen atoms in total. The summed E-state index contributed by atoms with van der Waals surface area (Å²) in [5, 5.41) is 3.71. The van der Waals surface area contributed by atoms with Gasteiger partial charge < -0.3 is 15.0 Å². The number of carbonyl (C=O) groups excluding carboxylic acids is 2. The van der Waals surface area contributed by atoms with Crippen LogP contribution < -0.4 is 5.32 Å². The molecule has 2 heterocycles. The third kappa shape index (κ3) is 5.11. The molecule has 1 aromatic rings. The SMILES string of the molecule is CCOC(=O)c1c(NC(=O)CCN2CCC(C)CC2)sc2c1CC[C@H](C)C2. The van der Waals surface area contributed by atoms with E-state index in [1.165, 1.54) is 17.7 Å². The Morgan fingerprint density at radius 3 is 2.63 bits per heavy atom. The van der Waals surface area contributed by atoms with Crippen LogP contribution in [0.25, 0.3) is 0 Å². The fourth-order valence-corrected chi connectivity index (χ4v) is 5.41. The first-order valence-electron chi connectivity index (χ1n) is 10.3. The highest BCUT2D eigenvalue weighted by Crippen LogP contribution is 2.40. The molecule has 0 aromatic carbocycles. The Labute approximate surface area is 166 Å². The molecule has 1 atom stereocenters. The quantitative estimate of drug-likeness (QED) is 0.740. The number of thiophene rings is 1. The van der Waals surface area contributed by atoms with Gasteiger partial charge in [-0.3, -0.25) is 4.79 Å². The molecule has 3 rings (SSSR count). The highest BCUT2D eigenvalue weighted by Gasteiger charge is 2.29. The number of fused-ring (bicyclic) bond motifs is 1. The number of carbonyl (C=O) groups is 2. The largest absolute Gasteiger partial charge is 0.462 e. The highest BCUT2D eigenvalue weighted by molar-refractivity contribution is 7.17. The van der Waals surface area contributed by atoms with Crippen molar-refractivity contribution < 1.29 is 14.3 Å². The summed E-state index contributed by atoms with van der Waals surface area (Å²) in [6.45, 7) is 9.64. The number of anilines is 1. The maximum atomic E-state index is 12.5. The van der Waals surface area contributed by atoms with Crippen molar-refractivity contribution >= 4 is 28.2 Å². The van der Waals surface area contributed by atoms with Crippen molar-refractivity contribution in [3.05, 3.63) is 16.0 Å². The standard InChI is InChI=1S/C21H32N2O3S/c1-4-26-21(25)19-16-6-5-15(3)13-17(16)27-20(19)22-18(24)9-12-23-10-7-14(2)8-11-23/h14-15H,4-13H2,1-3H3,(H,22,24)/t15-/m0/s1. The number of amides is 1. The normalized spacial score (nSPS) is 20.9. The number of hydrogen-bond donors (Lipinski definition) is 1. The van der Waals surface area contributed by atoms with E-state index in [1.54, 1.807) is 11.3 Å². The Hall–Kier alpha value is -1.40. The fourth-order valence-electron chi connectivity index (χ4n) is 3.99. The molecule has 1 saturated heterocycles. The summed E-state index contributed by atoms with van der Waals surface area (Å²) in [7, 11) is 0. The van der Waals surface area contributed by atoms with Gasteiger partial charge in [-0.05, 0) is 69.5 Å². The van der Waals surface area contributed by atoms with Gasteiger partial charge in [-0.1, -0.05) is 13.8 Å². The predicted molar refractivity (Wildman–Crippen MR) is 110 cm³/mol. The lowest BCUT2D eigenvalue weighted by atomic mass is 9.88. The first kappa shape index (κ1) is 20.3. The Bertz CT molecular complexity index is 677. The van der Waals surface area contributed by atoms with Crippen molar-refractivity contribution in [1.82, 2.24) is 4.90 Å². The van der Waals surface area contributed by atoms with Gasteiger partial charge in [0.25, 0.3) is 0 Å². The molecule has 1 N–H and O–H groups in total. The third-order valence-corrected chi connectivity index (χ3v) is 6.95. The Kier molecular flexibility index (Phi) is 6.93. The highest BCUT2D eigenvalue weighted by atomic mass is 32.1. The van der Waals surface area contributed by atoms with E-state index in [2.05, 4.69) is 24.1 Å². The third-order valence-electron chi connectivity index (χ3n) is 5.78. The minimum atomic E-state index is -0.301. The zero-order valence-electron chi connectivity index (χ0n) is 16.8. The molecule has 1 amide bonds. The molecule has 27 heavy (non-hydrogen) atoms. The van der Waals surface area contributed by atoms with Gasteiger partial charge in [-0.2, -0.15) is 0 Å². The number of esters is 1. The lowest BCUT2D eigenvalue weighted by molar-refractivity contribution is -0.116. The van der Waals surface area contributed by atoms with E-state index in [0.717, 1.165) is 50.4 Å². The smallest absolute Gasteiger partial charge is 0.341 e. The molecule has 1 aliphatic heterocycles. The van der Waals surface area contributed by atoms with Crippen LogP contribution in [0.4, 0.5) is 5.00 Å². The van der Waals surface area contributed by atoms with Gasteiger partial charge in [-0.25, -0.2) is 4.79 Å². The molecule has 0 radical (unpaired) electrons. The number of rotatable bonds is 6. The van der Waals surface area contributed by atoms with Crippen LogP contribution in [-0.4, -0.2) is 43.0 Å². The maximum Gasteiger partial charge on any atom is 0.341 e. The van der Waals surface area contributed by atoms with E-state index in [-0.39, 0.29) is 11.9 Å². The Morgan fingerprint density at radius 1 is 1.19 bits per heavy atom. The van der Waals surface area contributed by atoms with Crippen LogP contribution in [-0.2, 0) is 22.4 Å². The van der Waals surface area contributed by atoms with Crippen molar-refractivity contribution in [2.75, 3.05) is 31.6 Å². The van der Waals surface area contributed by atoms with Crippen molar-refractivity contribution in [3.8, 4) is 0 Å². The fraction of sp³-hybridized carbons (Fsp3) is 0.714. The van der Waals surface area contributed by atoms with E-state index in [9.17, 15) is 9.59 Å². The van der Waals surface area contributed by atoms with Gasteiger partial charge in [-0.15, -0.1) is 11.3 Å². The van der Waals surface area contributed by atoms with Crippen LogP contribution in [0.3, 0.4) is 0 Å². The zero-order chi connectivity index (χ0) is 19.4. The van der Waals surface area contributed by atoms with Crippen LogP contribution in [0.15, 0.2) is 0 Å². The summed E-state index contributed by atoms with van der Waals surface area (Å²) in [6.07, 6.45) is 5.85. The van der Waals surface area contributed by atoms with Crippen LogP contribution in [0.2, 0.25) is 0 Å². The lowest BCUT2D eigenvalue weighted by Crippen LogP contribution is -2.35. The number of piperidine rings is 1. The molecular weight excluding hydrogens is 360 g/mol. The van der Waals surface area contributed by atoms with Crippen molar-refractivity contribution in [3.63, 3.8) is 0 Å². The lowest BCUT2D eigenvalue weighted by Gasteiger charge is -2.29. The van der Waals surface area contributed by atoms with Crippen LogP contribution in [0.5, 0.6) is 0 Å². The molecule has 0 spiro atoms. The number of nitrogens with one attached hydrogen (secondary N) is 1. The molecule has 0 unspecified atom stereocenters. The second kappa shape index (κ2) is 9.20. The molecule has 1 fully saturated rings. The first-order valence-corrected chi connectivity index (χ1v) is 11.1. The van der Waals surface area contributed by atoms with Gasteiger partial charge in [0.05, 0.1) is 12.2 Å². The van der Waals surface area contributed by atoms with E-state index < -0.39 is 0 Å². The number of nitrogens with zero attached hydrogens (tertiary/aromatic N) is 1. The second-order valence-electron chi connectivity index (χ2n) is 8.10. The molecule has 1 aromatic heterocycles. The monoisotopic (exact) mass is 392 g/mol. The molecule has 2 aliphatic rings. The summed E-state index contributed by atoms with van der Waals surface area (Å²) < 4.78 is 5.27. The Morgan fingerprint density at radius 2 is 1.93 bits per heavy atom. The van der Waals surface area contributed by atoms with Gasteiger partial charge in [0, 0.05) is 17.8 Å². The van der Waals surface area contributed by atoms with Crippen LogP contribution >= 0.6 is 11.3 Å². The van der Waals surface area contributed by atoms with Crippen molar-refractivity contribution in [2.24, 2.45) is 11.8 Å². The average Bonchev–Trinajstić information content (AvgIpc) is 2.98. The molecule has 0 saturated carbocycles. The summed E-state index contributed by atoms with van der Waals surface area (Å²) in [5.41, 5.74) is 1.70. The summed E-state index contributed by atoms with van der Waals surface area (Å²) >= 11 is 1.56. The van der Waals surface area contributed by atoms with Gasteiger partial charge in [0.15, 0.2) is 0 Å². The van der Waals surface area contributed by atoms with Crippen LogP contribution in [0, 0.1) is 11.8 Å². The van der Waals surface area contributed by atoms with E-state index in [0.29, 0.717) is 29.5 Å². The van der Waals surface area contributed by atoms with Crippen molar-refractivity contribution in [1.29, 1.82) is 0 Å². The van der Waals surface area contributed by atoms with Gasteiger partial charge in [0.1, 0.15) is 5.00 Å². The summed E-state index contributed by atoms with van der Waals surface area (Å²) in [5.74, 6) is 1.11. The molecule has 0 bridgehead atoms. The molecular formula is C21H32N2O3S. The van der Waals surface area contributed by atoms with Gasteiger partial charge in [0.2, 0.25) is 5.91 Å².